The molecule has 0 saturated carbocycles. The Balaban J connectivity index is 3.93. The van der Waals surface area contributed by atoms with Crippen molar-refractivity contribution >= 4 is 0 Å². The van der Waals surface area contributed by atoms with Crippen molar-refractivity contribution in [3.05, 3.63) is 0 Å². The van der Waals surface area contributed by atoms with E-state index in [4.69, 9.17) is 4.74 Å². The van der Waals surface area contributed by atoms with Crippen LogP contribution in [0.5, 0.6) is 0 Å². The molecule has 0 bridgehead atoms. The molecule has 0 N–H and O–H groups in total. The molecule has 1 unspecified atom stereocenters. The molecule has 0 radical (unpaired) electrons. The maximum Gasteiger partial charge on any atom is 0.108 e. The Morgan fingerprint density at radius 2 is 1.83 bits per heavy atom. The van der Waals surface area contributed by atoms with Crippen LogP contribution in [0.1, 0.15) is 40.0 Å². The van der Waals surface area contributed by atoms with E-state index in [0.29, 0.717) is 13.0 Å². The molecule has 0 amide bonds. The van der Waals surface area contributed by atoms with Gasteiger partial charge in [0, 0.05) is 20.1 Å². The van der Waals surface area contributed by atoms with Gasteiger partial charge >= 0.3 is 0 Å². The van der Waals surface area contributed by atoms with Crippen LogP contribution >= 0.6 is 0 Å². The lowest BCUT2D eigenvalue weighted by Crippen LogP contribution is -2.28. The Hall–Kier alpha value is -0.110. The van der Waals surface area contributed by atoms with Crippen LogP contribution in [0.3, 0.4) is 0 Å². The topological polar surface area (TPSA) is 9.23 Å². The summed E-state index contributed by atoms with van der Waals surface area (Å²) in [5.41, 5.74) is -0.154. The molecule has 2 heteroatoms. The number of hydrogen-bond acceptors (Lipinski definition) is 1. The molecule has 1 nitrogen and oxygen atoms in total. The Bertz CT molecular complexity index is 110. The van der Waals surface area contributed by atoms with Crippen LogP contribution in [-0.4, -0.2) is 19.9 Å². The van der Waals surface area contributed by atoms with Gasteiger partial charge in [-0.15, -0.1) is 0 Å². The lowest BCUT2D eigenvalue weighted by Gasteiger charge is -2.30. The van der Waals surface area contributed by atoms with Crippen LogP contribution in [0.15, 0.2) is 0 Å². The van der Waals surface area contributed by atoms with Gasteiger partial charge in [0.1, 0.15) is 6.17 Å². The van der Waals surface area contributed by atoms with E-state index in [-0.39, 0.29) is 5.41 Å². The monoisotopic (exact) mass is 176 g/mol. The van der Waals surface area contributed by atoms with E-state index in [9.17, 15) is 4.39 Å². The van der Waals surface area contributed by atoms with Gasteiger partial charge in [-0.25, -0.2) is 4.39 Å². The molecule has 74 valence electrons. The van der Waals surface area contributed by atoms with Gasteiger partial charge in [0.2, 0.25) is 0 Å². The molecule has 0 saturated heterocycles. The second-order valence-electron chi connectivity index (χ2n) is 3.61. The molecule has 0 rings (SSSR count). The summed E-state index contributed by atoms with van der Waals surface area (Å²) in [6.07, 6.45) is 1.59. The van der Waals surface area contributed by atoms with Gasteiger partial charge < -0.3 is 4.74 Å². The Kier molecular flexibility index (Phi) is 5.47. The van der Waals surface area contributed by atoms with Crippen molar-refractivity contribution in [2.24, 2.45) is 5.41 Å². The standard InChI is InChI=1S/C10H21FO/c1-5-10(3,6-2)9(11)7-8-12-4/h9H,5-8H2,1-4H3. The highest BCUT2D eigenvalue weighted by Gasteiger charge is 2.30. The molecular weight excluding hydrogens is 155 g/mol. The number of alkyl halides is 1. The third kappa shape index (κ3) is 3.10. The second-order valence-corrected chi connectivity index (χ2v) is 3.61. The lowest BCUT2D eigenvalue weighted by molar-refractivity contribution is 0.0732. The summed E-state index contributed by atoms with van der Waals surface area (Å²) in [5, 5.41) is 0. The molecule has 0 aliphatic carbocycles. The SMILES string of the molecule is CCC(C)(CC)C(F)CCOC. The van der Waals surface area contributed by atoms with Crippen LogP contribution in [0.4, 0.5) is 4.39 Å². The lowest BCUT2D eigenvalue weighted by atomic mass is 9.79. The van der Waals surface area contributed by atoms with E-state index >= 15 is 0 Å². The Labute approximate surface area is 75.3 Å². The van der Waals surface area contributed by atoms with E-state index in [0.717, 1.165) is 12.8 Å². The molecule has 0 fully saturated rings. The predicted octanol–water partition coefficient (Wildman–Crippen LogP) is 3.19. The summed E-state index contributed by atoms with van der Waals surface area (Å²) in [6.45, 7) is 6.62. The molecule has 0 aliphatic rings. The van der Waals surface area contributed by atoms with Crippen LogP contribution in [0.2, 0.25) is 0 Å². The fourth-order valence-corrected chi connectivity index (χ4v) is 1.26. The van der Waals surface area contributed by atoms with Gasteiger partial charge in [-0.2, -0.15) is 0 Å². The predicted molar refractivity (Wildman–Crippen MR) is 50.1 cm³/mol. The number of halogens is 1. The minimum absolute atomic E-state index is 0.154. The zero-order chi connectivity index (χ0) is 9.61. The maximum absolute atomic E-state index is 13.6. The zero-order valence-corrected chi connectivity index (χ0v) is 8.69. The highest BCUT2D eigenvalue weighted by atomic mass is 19.1. The molecule has 1 atom stereocenters. The van der Waals surface area contributed by atoms with Crippen LogP contribution in [0.25, 0.3) is 0 Å². The second kappa shape index (κ2) is 5.52. The van der Waals surface area contributed by atoms with Gasteiger partial charge in [0.25, 0.3) is 0 Å². The van der Waals surface area contributed by atoms with Gasteiger partial charge in [0.05, 0.1) is 0 Å². The first-order chi connectivity index (χ1) is 5.60. The van der Waals surface area contributed by atoms with E-state index in [1.165, 1.54) is 0 Å². The quantitative estimate of drug-likeness (QED) is 0.604. The summed E-state index contributed by atoms with van der Waals surface area (Å²) >= 11 is 0. The molecule has 0 aromatic rings. The average Bonchev–Trinajstić information content (AvgIpc) is 2.12. The summed E-state index contributed by atoms with van der Waals surface area (Å²) in [7, 11) is 1.61. The maximum atomic E-state index is 13.6. The van der Waals surface area contributed by atoms with E-state index < -0.39 is 6.17 Å². The third-order valence-electron chi connectivity index (χ3n) is 2.95. The third-order valence-corrected chi connectivity index (χ3v) is 2.95. The average molecular weight is 176 g/mol. The molecule has 0 spiro atoms. The number of ether oxygens (including phenoxy) is 1. The molecule has 0 aromatic heterocycles. The normalized spacial score (nSPS) is 14.8. The minimum Gasteiger partial charge on any atom is -0.385 e. The first-order valence-electron chi connectivity index (χ1n) is 4.73. The fraction of sp³-hybridized carbons (Fsp3) is 1.00. The molecule has 12 heavy (non-hydrogen) atoms. The van der Waals surface area contributed by atoms with Gasteiger partial charge in [-0.3, -0.25) is 0 Å². The highest BCUT2D eigenvalue weighted by Crippen LogP contribution is 2.33. The van der Waals surface area contributed by atoms with E-state index in [1.807, 2.05) is 20.8 Å². The Morgan fingerprint density at radius 3 is 2.17 bits per heavy atom. The number of methoxy groups -OCH3 is 1. The van der Waals surface area contributed by atoms with Crippen LogP contribution < -0.4 is 0 Å². The van der Waals surface area contributed by atoms with Crippen molar-refractivity contribution in [2.75, 3.05) is 13.7 Å². The van der Waals surface area contributed by atoms with Crippen molar-refractivity contribution < 1.29 is 9.13 Å². The summed E-state index contributed by atoms with van der Waals surface area (Å²) in [5.74, 6) is 0. The van der Waals surface area contributed by atoms with Crippen molar-refractivity contribution in [3.63, 3.8) is 0 Å². The molecule has 0 aliphatic heterocycles. The van der Waals surface area contributed by atoms with Gasteiger partial charge in [-0.05, 0) is 18.3 Å². The fourth-order valence-electron chi connectivity index (χ4n) is 1.26. The van der Waals surface area contributed by atoms with Gasteiger partial charge in [0.15, 0.2) is 0 Å². The van der Waals surface area contributed by atoms with Crippen molar-refractivity contribution in [1.29, 1.82) is 0 Å². The largest absolute Gasteiger partial charge is 0.385 e. The smallest absolute Gasteiger partial charge is 0.108 e. The number of hydrogen-bond donors (Lipinski definition) is 0. The summed E-state index contributed by atoms with van der Waals surface area (Å²) < 4.78 is 18.4. The van der Waals surface area contributed by atoms with E-state index in [1.54, 1.807) is 7.11 Å². The highest BCUT2D eigenvalue weighted by molar-refractivity contribution is 4.79. The Morgan fingerprint density at radius 1 is 1.33 bits per heavy atom. The summed E-state index contributed by atoms with van der Waals surface area (Å²) in [6, 6.07) is 0. The van der Waals surface area contributed by atoms with Crippen LogP contribution in [0, 0.1) is 5.41 Å². The van der Waals surface area contributed by atoms with Crippen molar-refractivity contribution in [3.8, 4) is 0 Å². The van der Waals surface area contributed by atoms with Crippen molar-refractivity contribution in [2.45, 2.75) is 46.2 Å². The first-order valence-corrected chi connectivity index (χ1v) is 4.73. The summed E-state index contributed by atoms with van der Waals surface area (Å²) in [4.78, 5) is 0. The zero-order valence-electron chi connectivity index (χ0n) is 8.69. The van der Waals surface area contributed by atoms with Crippen LogP contribution in [-0.2, 0) is 4.74 Å². The molecular formula is C10H21FO. The first kappa shape index (κ1) is 11.9. The molecule has 0 aromatic carbocycles. The number of rotatable bonds is 6. The van der Waals surface area contributed by atoms with Crippen molar-refractivity contribution in [1.82, 2.24) is 0 Å². The van der Waals surface area contributed by atoms with E-state index in [2.05, 4.69) is 0 Å². The van der Waals surface area contributed by atoms with Gasteiger partial charge in [-0.1, -0.05) is 20.8 Å². The molecule has 0 heterocycles. The minimum atomic E-state index is -0.729.